The van der Waals surface area contributed by atoms with Crippen molar-refractivity contribution in [2.24, 2.45) is 0 Å². The highest BCUT2D eigenvalue weighted by Crippen LogP contribution is 2.42. The molecular formula is C102H64N8O2. The molecule has 0 atom stereocenters. The van der Waals surface area contributed by atoms with Gasteiger partial charge >= 0.3 is 0 Å². The summed E-state index contributed by atoms with van der Waals surface area (Å²) in [5.74, 6) is 3.84. The molecule has 0 aliphatic carbocycles. The van der Waals surface area contributed by atoms with Crippen LogP contribution in [-0.2, 0) is 0 Å². The van der Waals surface area contributed by atoms with E-state index in [1.54, 1.807) is 0 Å². The van der Waals surface area contributed by atoms with E-state index in [9.17, 15) is 0 Å². The van der Waals surface area contributed by atoms with Crippen molar-refractivity contribution in [3.05, 3.63) is 388 Å². The van der Waals surface area contributed by atoms with Gasteiger partial charge in [-0.15, -0.1) is 0 Å². The minimum absolute atomic E-state index is 0.629. The van der Waals surface area contributed by atoms with Crippen LogP contribution >= 0.6 is 0 Å². The van der Waals surface area contributed by atoms with E-state index in [0.29, 0.717) is 34.9 Å². The highest BCUT2D eigenvalue weighted by Gasteiger charge is 2.22. The summed E-state index contributed by atoms with van der Waals surface area (Å²) in [6.45, 7) is 0. The predicted octanol–water partition coefficient (Wildman–Crippen LogP) is 26.4. The quantitative estimate of drug-likeness (QED) is 0.119. The highest BCUT2D eigenvalue weighted by molar-refractivity contribution is 6.13. The Morgan fingerprint density at radius 1 is 0.161 bits per heavy atom. The van der Waals surface area contributed by atoms with E-state index in [0.717, 1.165) is 150 Å². The van der Waals surface area contributed by atoms with Gasteiger partial charge in [-0.1, -0.05) is 285 Å². The van der Waals surface area contributed by atoms with E-state index < -0.39 is 0 Å². The molecule has 0 saturated carbocycles. The fraction of sp³-hybridized carbons (Fsp3) is 0. The SMILES string of the molecule is c1ccc(-c2nc(-c3ccccc3)nc(-c3cccc(-c4ccc(-n5c6ccccc6c6cc(-c7ccc8c(c7)oc7ccccc78)ccc65)cc4)c3)n2)cc1.c1ccc(-c2nc(-c3ccccc3)nc(-c3ccccc3-c3cccc(-n4c5ccccc5c5cc(-c6ccc7c(c6)oc6ccccc67)ccc54)c3)n2)cc1. The summed E-state index contributed by atoms with van der Waals surface area (Å²) < 4.78 is 17.2. The Bertz CT molecular complexity index is 7260. The van der Waals surface area contributed by atoms with E-state index in [1.165, 1.54) is 27.1 Å². The normalized spacial score (nSPS) is 11.6. The summed E-state index contributed by atoms with van der Waals surface area (Å²) >= 11 is 0. The molecule has 0 unspecified atom stereocenters. The van der Waals surface area contributed by atoms with Gasteiger partial charge in [-0.2, -0.15) is 0 Å². The first kappa shape index (κ1) is 65.1. The molecule has 16 aromatic carbocycles. The van der Waals surface area contributed by atoms with Crippen LogP contribution < -0.4 is 0 Å². The van der Waals surface area contributed by atoms with Gasteiger partial charge in [0, 0.05) is 87.8 Å². The van der Waals surface area contributed by atoms with Crippen molar-refractivity contribution < 1.29 is 8.83 Å². The van der Waals surface area contributed by atoms with Crippen LogP contribution in [0.1, 0.15) is 0 Å². The van der Waals surface area contributed by atoms with Gasteiger partial charge in [0.05, 0.1) is 22.1 Å². The fourth-order valence-electron chi connectivity index (χ4n) is 15.9. The zero-order valence-corrected chi connectivity index (χ0v) is 60.3. The molecule has 0 aliphatic heterocycles. The Morgan fingerprint density at radius 2 is 0.491 bits per heavy atom. The van der Waals surface area contributed by atoms with Crippen molar-refractivity contribution >= 4 is 87.5 Å². The number of para-hydroxylation sites is 4. The smallest absolute Gasteiger partial charge is 0.164 e. The Kier molecular flexibility index (Phi) is 16.0. The fourth-order valence-corrected chi connectivity index (χ4v) is 15.9. The molecule has 0 fully saturated rings. The second-order valence-electron chi connectivity index (χ2n) is 28.1. The van der Waals surface area contributed by atoms with E-state index in [1.807, 2.05) is 152 Å². The van der Waals surface area contributed by atoms with Gasteiger partial charge in [-0.05, 0) is 148 Å². The lowest BCUT2D eigenvalue weighted by molar-refractivity contribution is 0.668. The number of nitrogens with zero attached hydrogens (tertiary/aromatic N) is 8. The summed E-state index contributed by atoms with van der Waals surface area (Å²) in [5, 5.41) is 9.37. The van der Waals surface area contributed by atoms with Crippen molar-refractivity contribution in [2.75, 3.05) is 0 Å². The summed E-state index contributed by atoms with van der Waals surface area (Å²) in [6, 6.07) is 135. The maximum Gasteiger partial charge on any atom is 0.164 e. The summed E-state index contributed by atoms with van der Waals surface area (Å²) in [7, 11) is 0. The topological polar surface area (TPSA) is 113 Å². The van der Waals surface area contributed by atoms with Gasteiger partial charge in [-0.3, -0.25) is 0 Å². The molecule has 22 aromatic rings. The average molecular weight is 1430 g/mol. The summed E-state index contributed by atoms with van der Waals surface area (Å²) in [4.78, 5) is 29.8. The van der Waals surface area contributed by atoms with Gasteiger partial charge in [0.1, 0.15) is 22.3 Å². The highest BCUT2D eigenvalue weighted by atomic mass is 16.3. The number of hydrogen-bond donors (Lipinski definition) is 0. The van der Waals surface area contributed by atoms with E-state index >= 15 is 0 Å². The van der Waals surface area contributed by atoms with Crippen molar-refractivity contribution in [3.8, 4) is 124 Å². The lowest BCUT2D eigenvalue weighted by Crippen LogP contribution is -2.01. The molecule has 22 rings (SSSR count). The molecule has 0 spiro atoms. The first-order valence-corrected chi connectivity index (χ1v) is 37.5. The van der Waals surface area contributed by atoms with Gasteiger partial charge in [-0.25, -0.2) is 29.9 Å². The molecule has 0 bridgehead atoms. The largest absolute Gasteiger partial charge is 0.456 e. The van der Waals surface area contributed by atoms with E-state index in [-0.39, 0.29) is 0 Å². The van der Waals surface area contributed by atoms with Crippen molar-refractivity contribution in [1.82, 2.24) is 39.0 Å². The van der Waals surface area contributed by atoms with Crippen molar-refractivity contribution in [2.45, 2.75) is 0 Å². The minimum atomic E-state index is 0.629. The second kappa shape index (κ2) is 27.5. The number of furan rings is 2. The molecule has 112 heavy (non-hydrogen) atoms. The maximum atomic E-state index is 6.26. The first-order chi connectivity index (χ1) is 55.5. The van der Waals surface area contributed by atoms with Gasteiger partial charge in [0.2, 0.25) is 0 Å². The van der Waals surface area contributed by atoms with Gasteiger partial charge < -0.3 is 18.0 Å². The Hall–Kier alpha value is -15.3. The van der Waals surface area contributed by atoms with Gasteiger partial charge in [0.15, 0.2) is 34.9 Å². The molecule has 10 nitrogen and oxygen atoms in total. The minimum Gasteiger partial charge on any atom is -0.456 e. The van der Waals surface area contributed by atoms with Crippen LogP contribution in [0.4, 0.5) is 0 Å². The van der Waals surface area contributed by atoms with Crippen LogP contribution in [0.15, 0.2) is 397 Å². The van der Waals surface area contributed by atoms with Crippen LogP contribution in [0.25, 0.3) is 212 Å². The van der Waals surface area contributed by atoms with Crippen LogP contribution in [0.5, 0.6) is 0 Å². The number of hydrogen-bond acceptors (Lipinski definition) is 8. The summed E-state index contributed by atoms with van der Waals surface area (Å²) in [5.41, 5.74) is 24.9. The van der Waals surface area contributed by atoms with E-state index in [2.05, 4.69) is 246 Å². The molecule has 6 aromatic heterocycles. The van der Waals surface area contributed by atoms with Crippen LogP contribution in [0.3, 0.4) is 0 Å². The van der Waals surface area contributed by atoms with Crippen LogP contribution in [0, 0.1) is 0 Å². The molecule has 0 saturated heterocycles. The lowest BCUT2D eigenvalue weighted by Gasteiger charge is -2.14. The second-order valence-corrected chi connectivity index (χ2v) is 28.1. The van der Waals surface area contributed by atoms with Crippen molar-refractivity contribution in [1.29, 1.82) is 0 Å². The number of benzene rings is 16. The first-order valence-electron chi connectivity index (χ1n) is 37.5. The van der Waals surface area contributed by atoms with Crippen LogP contribution in [0.2, 0.25) is 0 Å². The van der Waals surface area contributed by atoms with Crippen molar-refractivity contribution in [3.63, 3.8) is 0 Å². The van der Waals surface area contributed by atoms with E-state index in [4.69, 9.17) is 38.7 Å². The lowest BCUT2D eigenvalue weighted by atomic mass is 9.98. The number of aromatic nitrogens is 8. The zero-order chi connectivity index (χ0) is 74.0. The molecular weight excluding hydrogens is 1370 g/mol. The number of rotatable bonds is 12. The third-order valence-corrected chi connectivity index (χ3v) is 21.3. The summed E-state index contributed by atoms with van der Waals surface area (Å²) in [6.07, 6.45) is 0. The molecule has 524 valence electrons. The molecule has 0 aliphatic rings. The molecule has 0 N–H and O–H groups in total. The molecule has 6 heterocycles. The third-order valence-electron chi connectivity index (χ3n) is 21.3. The standard InChI is InChI=1S/2C51H32N4O/c1-3-12-34(13-4-1)49-52-50(35-14-5-2-6-15-35)54-51(53-49)39-17-11-16-36(30-39)33-22-26-40(27-23-33)55-45-20-9-7-18-41(45)44-31-37(25-29-46(44)55)38-24-28-43-42-19-8-10-21-47(42)56-48(43)32-38;1-3-14-33(15-4-1)49-52-50(34-16-5-2-6-17-34)54-51(53-49)43-23-8-7-20-39(43)37-18-13-19-38(30-37)55-45-24-11-9-21-40(45)44-31-35(27-29-46(44)55)36-26-28-42-41-22-10-12-25-47(41)56-48(42)32-36/h2*1-32H. The Balaban J connectivity index is 0.000000141. The number of fused-ring (bicyclic) bond motifs is 12. The monoisotopic (exact) mass is 1430 g/mol. The van der Waals surface area contributed by atoms with Gasteiger partial charge in [0.25, 0.3) is 0 Å². The molecule has 10 heteroatoms. The predicted molar refractivity (Wildman–Crippen MR) is 457 cm³/mol. The Morgan fingerprint density at radius 3 is 0.991 bits per heavy atom. The molecule has 0 amide bonds. The Labute approximate surface area is 643 Å². The third kappa shape index (κ3) is 11.8. The maximum absolute atomic E-state index is 6.26. The van der Waals surface area contributed by atoms with Crippen LogP contribution in [-0.4, -0.2) is 39.0 Å². The molecule has 0 radical (unpaired) electrons. The average Bonchev–Trinajstić information content (AvgIpc) is 1.59. The zero-order valence-electron chi connectivity index (χ0n) is 60.3.